The first kappa shape index (κ1) is 26.7. The van der Waals surface area contributed by atoms with Gasteiger partial charge in [-0.3, -0.25) is 9.69 Å². The molecule has 1 unspecified atom stereocenters. The van der Waals surface area contributed by atoms with Gasteiger partial charge in [0, 0.05) is 24.5 Å². The number of nitrogens with zero attached hydrogens (tertiary/aromatic N) is 2. The molecule has 4 rings (SSSR count). The summed E-state index contributed by atoms with van der Waals surface area (Å²) in [7, 11) is 1.14. The summed E-state index contributed by atoms with van der Waals surface area (Å²) in [5, 5.41) is 5.17. The molecule has 3 aromatic rings. The van der Waals surface area contributed by atoms with Crippen LogP contribution in [0.1, 0.15) is 10.4 Å². The van der Waals surface area contributed by atoms with E-state index >= 15 is 0 Å². The van der Waals surface area contributed by atoms with Crippen LogP contribution in [0.2, 0.25) is 4.34 Å². The van der Waals surface area contributed by atoms with Crippen LogP contribution < -0.4 is 25.0 Å². The number of urea groups is 1. The van der Waals surface area contributed by atoms with E-state index in [9.17, 15) is 22.4 Å². The first-order valence-electron chi connectivity index (χ1n) is 10.8. The lowest BCUT2D eigenvalue weighted by Gasteiger charge is -2.38. The number of rotatable bonds is 7. The van der Waals surface area contributed by atoms with E-state index in [0.29, 0.717) is 12.2 Å². The molecule has 0 saturated carbocycles. The van der Waals surface area contributed by atoms with Crippen molar-refractivity contribution < 1.29 is 27.1 Å². The lowest BCUT2D eigenvalue weighted by Crippen LogP contribution is -2.52. The Balaban J connectivity index is 1.54. The standard InChI is InChI=1S/C23H23ClFN5O5S2/c1-26-17-11-18-15(10-16(17)25)22(31)30(20(35-18)12-29(2)3)14-6-4-13(5-7-14)27-23(32)28-37(33,34)21-9-8-19(24)36-21/h4-11,20,26H,12H2,1-3H3,(H2,27,28,32). The van der Waals surface area contributed by atoms with Crippen molar-refractivity contribution in [3.05, 3.63) is 64.2 Å². The van der Waals surface area contributed by atoms with Gasteiger partial charge in [0.05, 0.1) is 22.1 Å². The van der Waals surface area contributed by atoms with E-state index in [4.69, 9.17) is 16.3 Å². The van der Waals surface area contributed by atoms with Crippen LogP contribution in [-0.2, 0) is 10.0 Å². The number of likely N-dealkylation sites (N-methyl/N-ethyl adjacent to an activating group) is 1. The molecule has 0 saturated heterocycles. The molecular weight excluding hydrogens is 545 g/mol. The number of thiophene rings is 1. The van der Waals surface area contributed by atoms with Crippen LogP contribution in [-0.4, -0.2) is 59.2 Å². The maximum Gasteiger partial charge on any atom is 0.333 e. The summed E-state index contributed by atoms with van der Waals surface area (Å²) in [5.74, 6) is -0.773. The van der Waals surface area contributed by atoms with Crippen molar-refractivity contribution in [3.8, 4) is 5.75 Å². The van der Waals surface area contributed by atoms with Crippen molar-refractivity contribution in [1.82, 2.24) is 9.62 Å². The number of carbonyl (C=O) groups excluding carboxylic acids is 2. The number of sulfonamides is 1. The van der Waals surface area contributed by atoms with Crippen molar-refractivity contribution in [2.75, 3.05) is 43.2 Å². The van der Waals surface area contributed by atoms with Crippen molar-refractivity contribution in [3.63, 3.8) is 0 Å². The SMILES string of the molecule is CNc1cc2c(cc1F)C(=O)N(c1ccc(NC(=O)NS(=O)(=O)c3ccc(Cl)s3)cc1)C(CN(C)C)O2. The first-order valence-corrected chi connectivity index (χ1v) is 13.5. The summed E-state index contributed by atoms with van der Waals surface area (Å²) >= 11 is 6.59. The number of hydrogen-bond acceptors (Lipinski definition) is 8. The number of benzene rings is 2. The van der Waals surface area contributed by atoms with Gasteiger partial charge in [-0.2, -0.15) is 0 Å². The lowest BCUT2D eigenvalue weighted by atomic mass is 10.1. The molecule has 1 aliphatic rings. The minimum atomic E-state index is -4.08. The Kier molecular flexibility index (Phi) is 7.59. The van der Waals surface area contributed by atoms with Gasteiger partial charge in [-0.15, -0.1) is 11.3 Å². The zero-order valence-corrected chi connectivity index (χ0v) is 22.3. The smallest absolute Gasteiger partial charge is 0.333 e. The Morgan fingerprint density at radius 2 is 1.89 bits per heavy atom. The number of fused-ring (bicyclic) bond motifs is 1. The third kappa shape index (κ3) is 5.80. The number of carbonyl (C=O) groups is 2. The fraction of sp³-hybridized carbons (Fsp3) is 0.217. The highest BCUT2D eigenvalue weighted by Crippen LogP contribution is 2.35. The van der Waals surface area contributed by atoms with E-state index in [0.717, 1.165) is 17.4 Å². The Morgan fingerprint density at radius 1 is 1.19 bits per heavy atom. The van der Waals surface area contributed by atoms with Gasteiger partial charge < -0.3 is 20.3 Å². The van der Waals surface area contributed by atoms with E-state index in [2.05, 4.69) is 10.6 Å². The first-order chi connectivity index (χ1) is 17.5. The molecule has 3 N–H and O–H groups in total. The quantitative estimate of drug-likeness (QED) is 0.394. The Labute approximate surface area is 222 Å². The van der Waals surface area contributed by atoms with E-state index in [1.807, 2.05) is 23.7 Å². The van der Waals surface area contributed by atoms with Crippen LogP contribution in [0.3, 0.4) is 0 Å². The van der Waals surface area contributed by atoms with E-state index < -0.39 is 34.0 Å². The van der Waals surface area contributed by atoms with Gasteiger partial charge in [0.25, 0.3) is 15.9 Å². The molecule has 0 fully saturated rings. The highest BCUT2D eigenvalue weighted by Gasteiger charge is 2.36. The second-order valence-corrected chi connectivity index (χ2v) is 11.9. The lowest BCUT2D eigenvalue weighted by molar-refractivity contribution is 0.0814. The molecule has 2 heterocycles. The summed E-state index contributed by atoms with van der Waals surface area (Å²) in [6, 6.07) is 10.5. The molecule has 14 heteroatoms. The van der Waals surface area contributed by atoms with Crippen molar-refractivity contribution >= 4 is 62.0 Å². The van der Waals surface area contributed by atoms with Crippen LogP contribution >= 0.6 is 22.9 Å². The Bertz CT molecular complexity index is 1450. The zero-order chi connectivity index (χ0) is 26.9. The number of amides is 3. The molecule has 1 aromatic heterocycles. The van der Waals surface area contributed by atoms with Crippen LogP contribution in [0, 0.1) is 5.82 Å². The predicted molar refractivity (Wildman–Crippen MR) is 141 cm³/mol. The summed E-state index contributed by atoms with van der Waals surface area (Å²) in [4.78, 5) is 28.9. The Morgan fingerprint density at radius 3 is 2.49 bits per heavy atom. The molecule has 0 radical (unpaired) electrons. The topological polar surface area (TPSA) is 120 Å². The fourth-order valence-corrected chi connectivity index (χ4v) is 6.05. The molecule has 10 nitrogen and oxygen atoms in total. The monoisotopic (exact) mass is 567 g/mol. The number of hydrogen-bond donors (Lipinski definition) is 3. The third-order valence-corrected chi connectivity index (χ3v) is 8.36. The van der Waals surface area contributed by atoms with E-state index in [1.165, 1.54) is 35.2 Å². The fourth-order valence-electron chi connectivity index (χ4n) is 3.66. The molecular formula is C23H23ClFN5O5S2. The van der Waals surface area contributed by atoms with Gasteiger partial charge in [0.2, 0.25) is 0 Å². The van der Waals surface area contributed by atoms with Crippen LogP contribution in [0.15, 0.2) is 52.7 Å². The molecule has 196 valence electrons. The number of ether oxygens (including phenoxy) is 1. The van der Waals surface area contributed by atoms with Crippen molar-refractivity contribution in [1.29, 1.82) is 0 Å². The van der Waals surface area contributed by atoms with Crippen LogP contribution in [0.5, 0.6) is 5.75 Å². The van der Waals surface area contributed by atoms with Gasteiger partial charge in [0.15, 0.2) is 6.23 Å². The molecule has 0 bridgehead atoms. The van der Waals surface area contributed by atoms with Crippen molar-refractivity contribution in [2.24, 2.45) is 0 Å². The highest BCUT2D eigenvalue weighted by molar-refractivity contribution is 7.92. The largest absolute Gasteiger partial charge is 0.468 e. The zero-order valence-electron chi connectivity index (χ0n) is 19.9. The molecule has 0 spiro atoms. The molecule has 2 aromatic carbocycles. The van der Waals surface area contributed by atoms with Crippen molar-refractivity contribution in [2.45, 2.75) is 10.4 Å². The number of nitrogens with one attached hydrogen (secondary N) is 3. The molecule has 37 heavy (non-hydrogen) atoms. The minimum absolute atomic E-state index is 0.0759. The normalized spacial score (nSPS) is 15.2. The second-order valence-electron chi connectivity index (χ2n) is 8.25. The molecule has 1 aliphatic heterocycles. The van der Waals surface area contributed by atoms with Crippen LogP contribution in [0.25, 0.3) is 0 Å². The summed E-state index contributed by atoms with van der Waals surface area (Å²) in [6.45, 7) is 0.352. The molecule has 3 amide bonds. The van der Waals surface area contributed by atoms with Crippen LogP contribution in [0.4, 0.5) is 26.2 Å². The number of halogens is 2. The third-order valence-electron chi connectivity index (χ3n) is 5.30. The van der Waals surface area contributed by atoms with E-state index in [1.54, 1.807) is 19.2 Å². The predicted octanol–water partition coefficient (Wildman–Crippen LogP) is 4.02. The maximum absolute atomic E-state index is 14.4. The Hall–Kier alpha value is -3.39. The summed E-state index contributed by atoms with van der Waals surface area (Å²) in [5.41, 5.74) is 1.00. The maximum atomic E-state index is 14.4. The average Bonchev–Trinajstić information content (AvgIpc) is 3.27. The van der Waals surface area contributed by atoms with Gasteiger partial charge in [0.1, 0.15) is 15.8 Å². The average molecular weight is 568 g/mol. The van der Waals surface area contributed by atoms with Gasteiger partial charge >= 0.3 is 6.03 Å². The summed E-state index contributed by atoms with van der Waals surface area (Å²) in [6.07, 6.45) is -0.713. The highest BCUT2D eigenvalue weighted by atomic mass is 35.5. The van der Waals surface area contributed by atoms with Gasteiger partial charge in [-0.1, -0.05) is 11.6 Å². The van der Waals surface area contributed by atoms with Gasteiger partial charge in [-0.05, 0) is 56.6 Å². The second kappa shape index (κ2) is 10.5. The van der Waals surface area contributed by atoms with E-state index in [-0.39, 0.29) is 31.2 Å². The minimum Gasteiger partial charge on any atom is -0.468 e. The number of anilines is 3. The molecule has 0 aliphatic carbocycles. The molecule has 1 atom stereocenters. The van der Waals surface area contributed by atoms with Gasteiger partial charge in [-0.25, -0.2) is 22.3 Å². The summed E-state index contributed by atoms with van der Waals surface area (Å²) < 4.78 is 47.2.